The fraction of sp³-hybridized carbons (Fsp3) is 0.269. The van der Waals surface area contributed by atoms with Crippen LogP contribution in [-0.2, 0) is 0 Å². The molecule has 1 aliphatic rings. The van der Waals surface area contributed by atoms with Crippen molar-refractivity contribution in [3.8, 4) is 5.75 Å². The van der Waals surface area contributed by atoms with E-state index in [1.165, 1.54) is 5.56 Å². The summed E-state index contributed by atoms with van der Waals surface area (Å²) >= 11 is 0. The van der Waals surface area contributed by atoms with Gasteiger partial charge in [-0.25, -0.2) is 0 Å². The SMILES string of the molecule is COc1ccc(C2CCN(C(=O)c3ccc(C)c(NC(=O)c4ccncc4)c3)CC2)cc1. The van der Waals surface area contributed by atoms with E-state index in [1.807, 2.05) is 36.1 Å². The molecule has 0 unspecified atom stereocenters. The second kappa shape index (κ2) is 9.64. The summed E-state index contributed by atoms with van der Waals surface area (Å²) in [6.45, 7) is 3.33. The minimum atomic E-state index is -0.222. The lowest BCUT2D eigenvalue weighted by Gasteiger charge is -2.32. The summed E-state index contributed by atoms with van der Waals surface area (Å²) in [5.41, 5.74) is 3.95. The van der Waals surface area contributed by atoms with Gasteiger partial charge < -0.3 is 15.0 Å². The topological polar surface area (TPSA) is 71.5 Å². The molecule has 0 radical (unpaired) electrons. The normalized spacial score (nSPS) is 14.1. The summed E-state index contributed by atoms with van der Waals surface area (Å²) in [5, 5.41) is 2.91. The molecule has 2 aromatic carbocycles. The van der Waals surface area contributed by atoms with E-state index in [0.29, 0.717) is 35.8 Å². The average Bonchev–Trinajstić information content (AvgIpc) is 2.85. The van der Waals surface area contributed by atoms with Gasteiger partial charge in [-0.1, -0.05) is 18.2 Å². The number of pyridine rings is 1. The molecule has 0 atom stereocenters. The van der Waals surface area contributed by atoms with Crippen molar-refractivity contribution in [3.05, 3.63) is 89.2 Å². The first-order valence-corrected chi connectivity index (χ1v) is 10.8. The number of nitrogens with zero attached hydrogens (tertiary/aromatic N) is 2. The lowest BCUT2D eigenvalue weighted by molar-refractivity contribution is 0.0712. The quantitative estimate of drug-likeness (QED) is 0.640. The van der Waals surface area contributed by atoms with E-state index in [2.05, 4.69) is 22.4 Å². The average molecular weight is 430 g/mol. The number of hydrogen-bond donors (Lipinski definition) is 1. The van der Waals surface area contributed by atoms with Crippen molar-refractivity contribution in [1.29, 1.82) is 0 Å². The summed E-state index contributed by atoms with van der Waals surface area (Å²) in [7, 11) is 1.67. The van der Waals surface area contributed by atoms with Crippen LogP contribution in [-0.4, -0.2) is 41.9 Å². The van der Waals surface area contributed by atoms with Gasteiger partial charge in [0.2, 0.25) is 0 Å². The number of hydrogen-bond acceptors (Lipinski definition) is 4. The Bertz CT molecular complexity index is 1090. The van der Waals surface area contributed by atoms with Crippen molar-refractivity contribution in [2.24, 2.45) is 0 Å². The molecule has 1 fully saturated rings. The molecule has 6 heteroatoms. The predicted octanol–water partition coefficient (Wildman–Crippen LogP) is 4.67. The zero-order valence-electron chi connectivity index (χ0n) is 18.4. The number of carbonyl (C=O) groups is 2. The Morgan fingerprint density at radius 3 is 2.31 bits per heavy atom. The molecule has 32 heavy (non-hydrogen) atoms. The van der Waals surface area contributed by atoms with E-state index < -0.39 is 0 Å². The van der Waals surface area contributed by atoms with Crippen molar-refractivity contribution >= 4 is 17.5 Å². The van der Waals surface area contributed by atoms with Gasteiger partial charge >= 0.3 is 0 Å². The summed E-state index contributed by atoms with van der Waals surface area (Å²) in [6.07, 6.45) is 5.01. The Labute approximate surface area is 188 Å². The van der Waals surface area contributed by atoms with Gasteiger partial charge in [0.05, 0.1) is 7.11 Å². The number of nitrogens with one attached hydrogen (secondary N) is 1. The van der Waals surface area contributed by atoms with Crippen LogP contribution in [0.15, 0.2) is 67.0 Å². The molecule has 1 N–H and O–H groups in total. The molecule has 164 valence electrons. The third-order valence-corrected chi connectivity index (χ3v) is 6.04. The number of likely N-dealkylation sites (tertiary alicyclic amines) is 1. The number of benzene rings is 2. The molecular weight excluding hydrogens is 402 g/mol. The van der Waals surface area contributed by atoms with Crippen molar-refractivity contribution in [1.82, 2.24) is 9.88 Å². The number of aryl methyl sites for hydroxylation is 1. The van der Waals surface area contributed by atoms with Crippen LogP contribution in [0, 0.1) is 6.92 Å². The number of aromatic nitrogens is 1. The number of piperidine rings is 1. The van der Waals surface area contributed by atoms with Crippen molar-refractivity contribution in [2.75, 3.05) is 25.5 Å². The molecule has 2 heterocycles. The van der Waals surface area contributed by atoms with E-state index >= 15 is 0 Å². The van der Waals surface area contributed by atoms with Crippen LogP contribution in [0.25, 0.3) is 0 Å². The third-order valence-electron chi connectivity index (χ3n) is 6.04. The number of rotatable bonds is 5. The van der Waals surface area contributed by atoms with Gasteiger partial charge in [0.15, 0.2) is 0 Å². The van der Waals surface area contributed by atoms with E-state index in [0.717, 1.165) is 24.2 Å². The molecule has 0 saturated carbocycles. The number of carbonyl (C=O) groups excluding carboxylic acids is 2. The first-order chi connectivity index (χ1) is 15.5. The first kappa shape index (κ1) is 21.6. The fourth-order valence-electron chi connectivity index (χ4n) is 4.06. The molecule has 0 aliphatic carbocycles. The summed E-state index contributed by atoms with van der Waals surface area (Å²) in [4.78, 5) is 31.5. The van der Waals surface area contributed by atoms with Crippen molar-refractivity contribution in [3.63, 3.8) is 0 Å². The Kier molecular flexibility index (Phi) is 6.50. The standard InChI is InChI=1S/C26H27N3O3/c1-18-3-4-22(17-24(18)28-25(30)21-9-13-27-14-10-21)26(31)29-15-11-20(12-16-29)19-5-7-23(32-2)8-6-19/h3-10,13-14,17,20H,11-12,15-16H2,1-2H3,(H,28,30). The highest BCUT2D eigenvalue weighted by molar-refractivity contribution is 6.05. The molecule has 1 saturated heterocycles. The van der Waals surface area contributed by atoms with Gasteiger partial charge in [-0.2, -0.15) is 0 Å². The highest BCUT2D eigenvalue weighted by Crippen LogP contribution is 2.30. The number of methoxy groups -OCH3 is 1. The van der Waals surface area contributed by atoms with Crippen LogP contribution in [0.3, 0.4) is 0 Å². The highest BCUT2D eigenvalue weighted by Gasteiger charge is 2.25. The van der Waals surface area contributed by atoms with Crippen LogP contribution in [0.2, 0.25) is 0 Å². The zero-order valence-corrected chi connectivity index (χ0v) is 18.4. The summed E-state index contributed by atoms with van der Waals surface area (Å²) in [5.74, 6) is 1.07. The van der Waals surface area contributed by atoms with Crippen molar-refractivity contribution in [2.45, 2.75) is 25.7 Å². The first-order valence-electron chi connectivity index (χ1n) is 10.8. The monoisotopic (exact) mass is 429 g/mol. The smallest absolute Gasteiger partial charge is 0.255 e. The molecule has 6 nitrogen and oxygen atoms in total. The van der Waals surface area contributed by atoms with E-state index in [-0.39, 0.29) is 11.8 Å². The Balaban J connectivity index is 1.41. The van der Waals surface area contributed by atoms with Crippen LogP contribution >= 0.6 is 0 Å². The zero-order chi connectivity index (χ0) is 22.5. The van der Waals surface area contributed by atoms with Crippen LogP contribution in [0.4, 0.5) is 5.69 Å². The lowest BCUT2D eigenvalue weighted by Crippen LogP contribution is -2.38. The fourth-order valence-corrected chi connectivity index (χ4v) is 4.06. The summed E-state index contributed by atoms with van der Waals surface area (Å²) < 4.78 is 5.24. The Morgan fingerprint density at radius 1 is 0.969 bits per heavy atom. The van der Waals surface area contributed by atoms with E-state index in [9.17, 15) is 9.59 Å². The molecule has 0 bridgehead atoms. The molecule has 3 aromatic rings. The minimum Gasteiger partial charge on any atom is -0.497 e. The Morgan fingerprint density at radius 2 is 1.66 bits per heavy atom. The molecule has 2 amide bonds. The second-order valence-corrected chi connectivity index (χ2v) is 8.06. The highest BCUT2D eigenvalue weighted by atomic mass is 16.5. The van der Waals surface area contributed by atoms with Crippen molar-refractivity contribution < 1.29 is 14.3 Å². The maximum atomic E-state index is 13.1. The van der Waals surface area contributed by atoms with Gasteiger partial charge in [-0.15, -0.1) is 0 Å². The van der Waals surface area contributed by atoms with Gasteiger partial charge in [-0.05, 0) is 73.2 Å². The van der Waals surface area contributed by atoms with Gasteiger partial charge in [0, 0.05) is 42.3 Å². The van der Waals surface area contributed by atoms with Crippen LogP contribution in [0.5, 0.6) is 5.75 Å². The minimum absolute atomic E-state index is 0.00223. The summed E-state index contributed by atoms with van der Waals surface area (Å²) in [6, 6.07) is 17.0. The number of amides is 2. The van der Waals surface area contributed by atoms with Gasteiger partial charge in [0.1, 0.15) is 5.75 Å². The van der Waals surface area contributed by atoms with Crippen LogP contribution < -0.4 is 10.1 Å². The number of anilines is 1. The largest absolute Gasteiger partial charge is 0.497 e. The predicted molar refractivity (Wildman–Crippen MR) is 124 cm³/mol. The third kappa shape index (κ3) is 4.80. The number of ether oxygens (including phenoxy) is 1. The second-order valence-electron chi connectivity index (χ2n) is 8.06. The maximum Gasteiger partial charge on any atom is 0.255 e. The van der Waals surface area contributed by atoms with E-state index in [4.69, 9.17) is 4.74 Å². The molecule has 1 aromatic heterocycles. The van der Waals surface area contributed by atoms with Gasteiger partial charge in [-0.3, -0.25) is 14.6 Å². The molecular formula is C26H27N3O3. The molecule has 4 rings (SSSR count). The molecule has 1 aliphatic heterocycles. The van der Waals surface area contributed by atoms with Gasteiger partial charge in [0.25, 0.3) is 11.8 Å². The van der Waals surface area contributed by atoms with E-state index in [1.54, 1.807) is 37.7 Å². The lowest BCUT2D eigenvalue weighted by atomic mass is 9.89. The van der Waals surface area contributed by atoms with Crippen LogP contribution in [0.1, 0.15) is 50.6 Å². The maximum absolute atomic E-state index is 13.1. The Hall–Kier alpha value is -3.67. The molecule has 0 spiro atoms.